The lowest BCUT2D eigenvalue weighted by molar-refractivity contribution is -0.137. The third-order valence-electron chi connectivity index (χ3n) is 4.06. The molecule has 3 rings (SSSR count). The first kappa shape index (κ1) is 20.6. The van der Waals surface area contributed by atoms with Gasteiger partial charge in [0.15, 0.2) is 5.16 Å². The van der Waals surface area contributed by atoms with E-state index >= 15 is 0 Å². The van der Waals surface area contributed by atoms with Crippen molar-refractivity contribution < 1.29 is 22.8 Å². The van der Waals surface area contributed by atoms with Crippen molar-refractivity contribution in [2.24, 2.45) is 0 Å². The molecule has 0 saturated carbocycles. The Morgan fingerprint density at radius 3 is 2.62 bits per heavy atom. The van der Waals surface area contributed by atoms with Crippen LogP contribution in [-0.4, -0.2) is 27.5 Å². The molecule has 1 aliphatic rings. The number of rotatable bonds is 5. The molecule has 2 heterocycles. The smallest absolute Gasteiger partial charge is 0.326 e. The topological polar surface area (TPSA) is 104 Å². The summed E-state index contributed by atoms with van der Waals surface area (Å²) in [4.78, 5) is 43.8. The van der Waals surface area contributed by atoms with Gasteiger partial charge in [-0.1, -0.05) is 17.8 Å². The molecule has 0 saturated heterocycles. The van der Waals surface area contributed by atoms with E-state index < -0.39 is 35.0 Å². The Balaban J connectivity index is 1.86. The maximum absolute atomic E-state index is 12.7. The van der Waals surface area contributed by atoms with Gasteiger partial charge in [-0.15, -0.1) is 6.58 Å². The van der Waals surface area contributed by atoms with Crippen molar-refractivity contribution in [1.82, 2.24) is 9.97 Å². The molecule has 152 valence electrons. The lowest BCUT2D eigenvalue weighted by atomic mass is 9.92. The number of fused-ring (bicyclic) bond motifs is 1. The fourth-order valence-corrected chi connectivity index (χ4v) is 3.35. The molecule has 2 aromatic rings. The second-order valence-electron chi connectivity index (χ2n) is 6.10. The van der Waals surface area contributed by atoms with Gasteiger partial charge in [0.1, 0.15) is 5.82 Å². The van der Waals surface area contributed by atoms with Crippen molar-refractivity contribution in [3.8, 4) is 0 Å². The summed E-state index contributed by atoms with van der Waals surface area (Å²) in [5.74, 6) is -1.85. The number of amides is 2. The highest BCUT2D eigenvalue weighted by Gasteiger charge is 2.35. The second kappa shape index (κ2) is 8.11. The molecule has 0 unspecified atom stereocenters. The van der Waals surface area contributed by atoms with Crippen molar-refractivity contribution in [1.29, 1.82) is 0 Å². The standard InChI is InChI=1S/C18H15F3N4O3S/c1-2-7-29-17-24-14-13(16(28)25-17)11(8-12(26)23-14)15(27)22-10-5-3-9(4-6-10)18(19,20)21/h2-6,11H,1,7-8H2,(H,22,27)(H2,23,24,25,26,28)/t11-/m1/s1. The molecule has 3 N–H and O–H groups in total. The van der Waals surface area contributed by atoms with Crippen molar-refractivity contribution in [3.05, 3.63) is 58.4 Å². The number of nitrogens with zero attached hydrogens (tertiary/aromatic N) is 1. The van der Waals surface area contributed by atoms with Gasteiger partial charge in [0.05, 0.1) is 17.0 Å². The van der Waals surface area contributed by atoms with Gasteiger partial charge in [0.2, 0.25) is 11.8 Å². The first-order chi connectivity index (χ1) is 13.7. The van der Waals surface area contributed by atoms with Gasteiger partial charge < -0.3 is 15.6 Å². The lowest BCUT2D eigenvalue weighted by Gasteiger charge is -2.23. The van der Waals surface area contributed by atoms with Crippen LogP contribution in [0.25, 0.3) is 0 Å². The summed E-state index contributed by atoms with van der Waals surface area (Å²) in [7, 11) is 0. The Hall–Kier alpha value is -3.08. The lowest BCUT2D eigenvalue weighted by Crippen LogP contribution is -2.36. The molecular formula is C18H15F3N4O3S. The van der Waals surface area contributed by atoms with E-state index in [1.807, 2.05) is 0 Å². The summed E-state index contributed by atoms with van der Waals surface area (Å²) in [6, 6.07) is 3.85. The molecule has 0 fully saturated rings. The van der Waals surface area contributed by atoms with Crippen LogP contribution in [0.4, 0.5) is 24.7 Å². The van der Waals surface area contributed by atoms with Crippen LogP contribution in [0.1, 0.15) is 23.5 Å². The zero-order chi connectivity index (χ0) is 21.2. The molecule has 7 nitrogen and oxygen atoms in total. The molecule has 1 aromatic carbocycles. The summed E-state index contributed by atoms with van der Waals surface area (Å²) in [5.41, 5.74) is -1.33. The van der Waals surface area contributed by atoms with E-state index in [9.17, 15) is 27.6 Å². The van der Waals surface area contributed by atoms with Gasteiger partial charge in [-0.3, -0.25) is 14.4 Å². The highest BCUT2D eigenvalue weighted by Crippen LogP contribution is 2.32. The van der Waals surface area contributed by atoms with Crippen LogP contribution in [0.3, 0.4) is 0 Å². The molecule has 0 radical (unpaired) electrons. The number of nitrogens with one attached hydrogen (secondary N) is 3. The largest absolute Gasteiger partial charge is 0.416 e. The van der Waals surface area contributed by atoms with Crippen LogP contribution in [0.15, 0.2) is 46.9 Å². The van der Waals surface area contributed by atoms with Gasteiger partial charge in [-0.05, 0) is 24.3 Å². The number of thioether (sulfide) groups is 1. The number of carbonyl (C=O) groups excluding carboxylic acids is 2. The third kappa shape index (κ3) is 4.67. The van der Waals surface area contributed by atoms with Crippen molar-refractivity contribution in [3.63, 3.8) is 0 Å². The van der Waals surface area contributed by atoms with Gasteiger partial charge in [-0.2, -0.15) is 13.2 Å². The highest BCUT2D eigenvalue weighted by atomic mass is 32.2. The van der Waals surface area contributed by atoms with Crippen LogP contribution in [0, 0.1) is 0 Å². The number of alkyl halides is 3. The van der Waals surface area contributed by atoms with Crippen LogP contribution >= 0.6 is 11.8 Å². The molecule has 0 spiro atoms. The summed E-state index contributed by atoms with van der Waals surface area (Å²) >= 11 is 1.20. The minimum absolute atomic E-state index is 0.00281. The predicted octanol–water partition coefficient (Wildman–Crippen LogP) is 3.13. The van der Waals surface area contributed by atoms with Crippen molar-refractivity contribution in [2.75, 3.05) is 16.4 Å². The summed E-state index contributed by atoms with van der Waals surface area (Å²) in [6.45, 7) is 3.57. The second-order valence-corrected chi connectivity index (χ2v) is 7.11. The number of carbonyl (C=O) groups is 2. The zero-order valence-corrected chi connectivity index (χ0v) is 15.6. The van der Waals surface area contributed by atoms with Gasteiger partial charge >= 0.3 is 6.18 Å². The van der Waals surface area contributed by atoms with E-state index in [-0.39, 0.29) is 28.6 Å². The molecule has 29 heavy (non-hydrogen) atoms. The average Bonchev–Trinajstić information content (AvgIpc) is 2.65. The number of anilines is 2. The fraction of sp³-hybridized carbons (Fsp3) is 0.222. The number of benzene rings is 1. The quantitative estimate of drug-likeness (QED) is 0.389. The van der Waals surface area contributed by atoms with Gasteiger partial charge in [-0.25, -0.2) is 4.98 Å². The summed E-state index contributed by atoms with van der Waals surface area (Å²) in [6.07, 6.45) is -3.17. The summed E-state index contributed by atoms with van der Waals surface area (Å²) in [5, 5.41) is 5.18. The fourth-order valence-electron chi connectivity index (χ4n) is 2.75. The molecule has 0 aliphatic carbocycles. The van der Waals surface area contributed by atoms with E-state index in [0.717, 1.165) is 24.3 Å². The van der Waals surface area contributed by atoms with E-state index in [0.29, 0.717) is 5.75 Å². The number of hydrogen-bond acceptors (Lipinski definition) is 5. The number of H-pyrrole nitrogens is 1. The monoisotopic (exact) mass is 424 g/mol. The zero-order valence-electron chi connectivity index (χ0n) is 14.8. The normalized spacial score (nSPS) is 16.0. The van der Waals surface area contributed by atoms with E-state index in [2.05, 4.69) is 27.2 Å². The van der Waals surface area contributed by atoms with E-state index in [4.69, 9.17) is 0 Å². The number of aromatic amines is 1. The molecule has 1 atom stereocenters. The van der Waals surface area contributed by atoms with Crippen LogP contribution < -0.4 is 16.2 Å². The molecule has 11 heteroatoms. The highest BCUT2D eigenvalue weighted by molar-refractivity contribution is 7.99. The minimum atomic E-state index is -4.50. The van der Waals surface area contributed by atoms with Gasteiger partial charge in [0.25, 0.3) is 5.56 Å². The maximum Gasteiger partial charge on any atom is 0.416 e. The maximum atomic E-state index is 12.7. The Kier molecular flexibility index (Phi) is 5.78. The van der Waals surface area contributed by atoms with Crippen LogP contribution in [0.2, 0.25) is 0 Å². The first-order valence-corrected chi connectivity index (χ1v) is 9.33. The van der Waals surface area contributed by atoms with E-state index in [1.54, 1.807) is 6.08 Å². The Bertz CT molecular complexity index is 1020. The van der Waals surface area contributed by atoms with Gasteiger partial charge in [0, 0.05) is 17.9 Å². The summed E-state index contributed by atoms with van der Waals surface area (Å²) < 4.78 is 38.0. The van der Waals surface area contributed by atoms with E-state index in [1.165, 1.54) is 11.8 Å². The SMILES string of the molecule is C=CCSc1nc2c(c(=O)[nH]1)[C@H](C(=O)Nc1ccc(C(F)(F)F)cc1)CC(=O)N2. The average molecular weight is 424 g/mol. The molecule has 1 aromatic heterocycles. The van der Waals surface area contributed by atoms with Crippen molar-refractivity contribution in [2.45, 2.75) is 23.7 Å². The molecular weight excluding hydrogens is 409 g/mol. The Morgan fingerprint density at radius 1 is 1.31 bits per heavy atom. The minimum Gasteiger partial charge on any atom is -0.326 e. The first-order valence-electron chi connectivity index (χ1n) is 8.35. The third-order valence-corrected chi connectivity index (χ3v) is 4.93. The molecule has 1 aliphatic heterocycles. The molecule has 2 amide bonds. The number of hydrogen-bond donors (Lipinski definition) is 3. The Morgan fingerprint density at radius 2 is 2.00 bits per heavy atom. The number of aromatic nitrogens is 2. The van der Waals surface area contributed by atoms with Crippen molar-refractivity contribution >= 4 is 35.1 Å². The van der Waals surface area contributed by atoms with Crippen LogP contribution in [-0.2, 0) is 15.8 Å². The number of halogens is 3. The molecule has 0 bridgehead atoms. The Labute approximate surface area is 166 Å². The predicted molar refractivity (Wildman–Crippen MR) is 102 cm³/mol. The van der Waals surface area contributed by atoms with Crippen LogP contribution in [0.5, 0.6) is 0 Å².